The van der Waals surface area contributed by atoms with E-state index in [4.69, 9.17) is 9.15 Å². The molecule has 0 spiro atoms. The number of fused-ring (bicyclic) bond motifs is 1. The van der Waals surface area contributed by atoms with Crippen LogP contribution in [0.3, 0.4) is 0 Å². The first kappa shape index (κ1) is 21.4. The molecule has 0 N–H and O–H groups in total. The first-order chi connectivity index (χ1) is 14.1. The van der Waals surface area contributed by atoms with Crippen LogP contribution in [0, 0.1) is 10.1 Å². The van der Waals surface area contributed by atoms with Gasteiger partial charge in [0.15, 0.2) is 14.6 Å². The minimum Gasteiger partial charge on any atom is -0.465 e. The number of furan rings is 1. The van der Waals surface area contributed by atoms with Gasteiger partial charge in [0.25, 0.3) is 0 Å². The summed E-state index contributed by atoms with van der Waals surface area (Å²) < 4.78 is 35.3. The number of thiazole rings is 1. The lowest BCUT2D eigenvalue weighted by Gasteiger charge is -2.05. The van der Waals surface area contributed by atoms with Gasteiger partial charge < -0.3 is 13.7 Å². The number of rotatable bonds is 6. The van der Waals surface area contributed by atoms with E-state index in [0.29, 0.717) is 10.2 Å². The van der Waals surface area contributed by atoms with Crippen molar-refractivity contribution in [2.75, 3.05) is 12.9 Å². The van der Waals surface area contributed by atoms with Crippen LogP contribution in [0.4, 0.5) is 5.88 Å². The molecule has 0 bridgehead atoms. The molecule has 0 atom stereocenters. The summed E-state index contributed by atoms with van der Waals surface area (Å²) in [6.07, 6.45) is 1.06. The van der Waals surface area contributed by atoms with Crippen LogP contribution in [0.5, 0.6) is 0 Å². The number of amides is 1. The van der Waals surface area contributed by atoms with Crippen molar-refractivity contribution in [3.8, 4) is 0 Å². The lowest BCUT2D eigenvalue weighted by atomic mass is 10.3. The molecule has 11 nitrogen and oxygen atoms in total. The van der Waals surface area contributed by atoms with Gasteiger partial charge in [-0.25, -0.2) is 8.42 Å². The van der Waals surface area contributed by atoms with Crippen molar-refractivity contribution in [3.63, 3.8) is 0 Å². The SMILES string of the molecule is CCOC(=O)Cn1c(=NC(=O)c2ccc([N+](=O)[O-])o2)sc2cc(S(C)(=O)=O)ccc21. The second kappa shape index (κ2) is 8.20. The smallest absolute Gasteiger partial charge is 0.433 e. The number of carbonyl (C=O) groups excluding carboxylic acids is 2. The third-order valence-electron chi connectivity index (χ3n) is 3.85. The van der Waals surface area contributed by atoms with Crippen LogP contribution in [0.15, 0.2) is 44.6 Å². The first-order valence-electron chi connectivity index (χ1n) is 8.42. The van der Waals surface area contributed by atoms with Crippen LogP contribution in [0.2, 0.25) is 0 Å². The predicted molar refractivity (Wildman–Crippen MR) is 105 cm³/mol. The lowest BCUT2D eigenvalue weighted by Crippen LogP contribution is -2.23. The van der Waals surface area contributed by atoms with E-state index in [-0.39, 0.29) is 28.6 Å². The summed E-state index contributed by atoms with van der Waals surface area (Å²) in [5.74, 6) is -2.43. The second-order valence-corrected chi connectivity index (χ2v) is 9.01. The van der Waals surface area contributed by atoms with E-state index in [1.54, 1.807) is 6.92 Å². The third kappa shape index (κ3) is 4.46. The molecular weight excluding hydrogens is 438 g/mol. The van der Waals surface area contributed by atoms with Gasteiger partial charge in [-0.15, -0.1) is 0 Å². The van der Waals surface area contributed by atoms with Crippen molar-refractivity contribution in [3.05, 3.63) is 51.0 Å². The molecule has 1 amide bonds. The summed E-state index contributed by atoms with van der Waals surface area (Å²) in [5.41, 5.74) is 0.470. The van der Waals surface area contributed by atoms with Crippen LogP contribution in [-0.2, 0) is 25.9 Å². The van der Waals surface area contributed by atoms with Gasteiger partial charge >= 0.3 is 17.8 Å². The highest BCUT2D eigenvalue weighted by molar-refractivity contribution is 7.90. The van der Waals surface area contributed by atoms with Gasteiger partial charge in [0.1, 0.15) is 11.5 Å². The molecule has 0 fully saturated rings. The van der Waals surface area contributed by atoms with Crippen molar-refractivity contribution in [1.29, 1.82) is 0 Å². The Morgan fingerprint density at radius 3 is 2.63 bits per heavy atom. The molecule has 0 radical (unpaired) electrons. The Hall–Kier alpha value is -3.32. The van der Waals surface area contributed by atoms with Gasteiger partial charge in [-0.2, -0.15) is 4.99 Å². The largest absolute Gasteiger partial charge is 0.465 e. The number of sulfone groups is 1. The van der Waals surface area contributed by atoms with E-state index in [1.165, 1.54) is 22.8 Å². The second-order valence-electron chi connectivity index (χ2n) is 5.99. The number of esters is 1. The number of hydrogen-bond donors (Lipinski definition) is 0. The standard InChI is InChI=1S/C17H15N3O8S2/c1-3-27-15(21)9-19-11-5-4-10(30(2,25)26)8-13(11)29-17(19)18-16(22)12-6-7-14(28-12)20(23)24/h4-8H,3,9H2,1-2H3. The van der Waals surface area contributed by atoms with Crippen LogP contribution >= 0.6 is 11.3 Å². The van der Waals surface area contributed by atoms with Gasteiger partial charge in [0.2, 0.25) is 5.76 Å². The Labute approximate surface area is 173 Å². The average molecular weight is 453 g/mol. The number of carbonyl (C=O) groups is 2. The molecule has 0 saturated heterocycles. The summed E-state index contributed by atoms with van der Waals surface area (Å²) in [5, 5.41) is 10.7. The molecule has 2 heterocycles. The highest BCUT2D eigenvalue weighted by Crippen LogP contribution is 2.22. The summed E-state index contributed by atoms with van der Waals surface area (Å²) in [4.78, 5) is 38.4. The first-order valence-corrected chi connectivity index (χ1v) is 11.1. The van der Waals surface area contributed by atoms with Gasteiger partial charge in [-0.3, -0.25) is 19.7 Å². The predicted octanol–water partition coefficient (Wildman–Crippen LogP) is 1.91. The molecule has 2 aromatic heterocycles. The van der Waals surface area contributed by atoms with Crippen molar-refractivity contribution in [1.82, 2.24) is 4.57 Å². The van der Waals surface area contributed by atoms with Gasteiger partial charge in [-0.05, 0) is 31.2 Å². The van der Waals surface area contributed by atoms with Crippen molar-refractivity contribution >= 4 is 49.2 Å². The van der Waals surface area contributed by atoms with Gasteiger partial charge in [-0.1, -0.05) is 11.3 Å². The zero-order valence-corrected chi connectivity index (χ0v) is 17.4. The highest BCUT2D eigenvalue weighted by atomic mass is 32.2. The molecule has 3 rings (SSSR count). The normalized spacial score (nSPS) is 12.3. The fraction of sp³-hybridized carbons (Fsp3) is 0.235. The molecule has 0 saturated carbocycles. The number of ether oxygens (including phenoxy) is 1. The third-order valence-corrected chi connectivity index (χ3v) is 6.01. The lowest BCUT2D eigenvalue weighted by molar-refractivity contribution is -0.402. The summed E-state index contributed by atoms with van der Waals surface area (Å²) in [6.45, 7) is 1.53. The number of benzene rings is 1. The Morgan fingerprint density at radius 2 is 2.03 bits per heavy atom. The summed E-state index contributed by atoms with van der Waals surface area (Å²) >= 11 is 0.978. The fourth-order valence-corrected chi connectivity index (χ4v) is 4.33. The average Bonchev–Trinajstić information content (AvgIpc) is 3.27. The Balaban J connectivity index is 2.14. The van der Waals surface area contributed by atoms with E-state index >= 15 is 0 Å². The number of hydrogen-bond acceptors (Lipinski definition) is 9. The summed E-state index contributed by atoms with van der Waals surface area (Å²) in [6, 6.07) is 6.45. The van der Waals surface area contributed by atoms with E-state index < -0.39 is 32.5 Å². The molecule has 0 aliphatic heterocycles. The zero-order chi connectivity index (χ0) is 22.1. The highest BCUT2D eigenvalue weighted by Gasteiger charge is 2.19. The van der Waals surface area contributed by atoms with Crippen molar-refractivity contribution < 1.29 is 32.1 Å². The Morgan fingerprint density at radius 1 is 1.30 bits per heavy atom. The van der Waals surface area contributed by atoms with Gasteiger partial charge in [0, 0.05) is 6.26 Å². The number of nitro groups is 1. The van der Waals surface area contributed by atoms with Crippen molar-refractivity contribution in [2.24, 2.45) is 4.99 Å². The molecule has 1 aromatic carbocycles. The van der Waals surface area contributed by atoms with Gasteiger partial charge in [0.05, 0.1) is 27.8 Å². The minimum atomic E-state index is -3.47. The molecule has 158 valence electrons. The maximum absolute atomic E-state index is 12.4. The Kier molecular flexibility index (Phi) is 5.85. The molecule has 0 aliphatic rings. The van der Waals surface area contributed by atoms with E-state index in [9.17, 15) is 28.1 Å². The zero-order valence-electron chi connectivity index (χ0n) is 15.7. The van der Waals surface area contributed by atoms with Crippen LogP contribution in [0.1, 0.15) is 17.5 Å². The maximum atomic E-state index is 12.4. The minimum absolute atomic E-state index is 0.0686. The monoisotopic (exact) mass is 453 g/mol. The van der Waals surface area contributed by atoms with Crippen molar-refractivity contribution in [2.45, 2.75) is 18.4 Å². The van der Waals surface area contributed by atoms with Crippen LogP contribution < -0.4 is 4.80 Å². The van der Waals surface area contributed by atoms with E-state index in [1.807, 2.05) is 0 Å². The summed E-state index contributed by atoms with van der Waals surface area (Å²) in [7, 11) is -3.47. The van der Waals surface area contributed by atoms with E-state index in [2.05, 4.69) is 4.99 Å². The van der Waals surface area contributed by atoms with E-state index in [0.717, 1.165) is 29.7 Å². The Bertz CT molecular complexity index is 1330. The number of nitrogens with zero attached hydrogens (tertiary/aromatic N) is 3. The quantitative estimate of drug-likeness (QED) is 0.312. The molecule has 30 heavy (non-hydrogen) atoms. The topological polar surface area (TPSA) is 151 Å². The fourth-order valence-electron chi connectivity index (χ4n) is 2.54. The van der Waals surface area contributed by atoms with Crippen LogP contribution in [0.25, 0.3) is 10.2 Å². The molecular formula is C17H15N3O8S2. The maximum Gasteiger partial charge on any atom is 0.433 e. The molecule has 3 aromatic rings. The molecule has 0 aliphatic carbocycles. The molecule has 13 heteroatoms. The van der Waals surface area contributed by atoms with Crippen LogP contribution in [-0.4, -0.2) is 42.6 Å². The molecule has 0 unspecified atom stereocenters. The number of aromatic nitrogens is 1.